The number of nitrogens with zero attached hydrogens (tertiary/aromatic N) is 3. The molecule has 72 valence electrons. The van der Waals surface area contributed by atoms with Gasteiger partial charge in [0.25, 0.3) is 0 Å². The maximum atomic E-state index is 3.91. The fraction of sp³-hybridized carbons (Fsp3) is 0. The van der Waals surface area contributed by atoms with Gasteiger partial charge >= 0.3 is 37.0 Å². The first-order chi connectivity index (χ1) is 7.47. The SMILES string of the molecule is b1ccccc1.c1ncc2[nH]cnc2n1. The summed E-state index contributed by atoms with van der Waals surface area (Å²) in [4.78, 5) is 14.5. The Labute approximate surface area is 87.6 Å². The van der Waals surface area contributed by atoms with Crippen molar-refractivity contribution in [2.75, 3.05) is 0 Å². The topological polar surface area (TPSA) is 54.5 Å². The molecule has 0 aliphatic rings. The van der Waals surface area contributed by atoms with Gasteiger partial charge in [0.1, 0.15) is 11.8 Å². The second-order valence-corrected chi connectivity index (χ2v) is 2.82. The summed E-state index contributed by atoms with van der Waals surface area (Å²) < 4.78 is 0. The van der Waals surface area contributed by atoms with Crippen LogP contribution >= 0.6 is 0 Å². The van der Waals surface area contributed by atoms with Crippen LogP contribution in [0.25, 0.3) is 11.2 Å². The summed E-state index contributed by atoms with van der Waals surface area (Å²) in [5.74, 6) is 4.00. The van der Waals surface area contributed by atoms with Crippen molar-refractivity contribution in [1.29, 1.82) is 0 Å². The molecule has 0 saturated heterocycles. The number of hydrogen-bond donors (Lipinski definition) is 1. The van der Waals surface area contributed by atoms with Crippen LogP contribution in [-0.4, -0.2) is 26.8 Å². The summed E-state index contributed by atoms with van der Waals surface area (Å²) in [6.45, 7) is 2.00. The van der Waals surface area contributed by atoms with E-state index >= 15 is 0 Å². The van der Waals surface area contributed by atoms with E-state index in [1.807, 2.05) is 37.0 Å². The average molecular weight is 196 g/mol. The van der Waals surface area contributed by atoms with Crippen molar-refractivity contribution in [3.8, 4) is 0 Å². The number of nitrogens with one attached hydrogen (secondary N) is 1. The fourth-order valence-electron chi connectivity index (χ4n) is 1.08. The van der Waals surface area contributed by atoms with Gasteiger partial charge in [0.05, 0.1) is 12.5 Å². The van der Waals surface area contributed by atoms with Crippen LogP contribution in [0.3, 0.4) is 0 Å². The van der Waals surface area contributed by atoms with E-state index in [2.05, 4.69) is 19.9 Å². The second kappa shape index (κ2) is 5.00. The van der Waals surface area contributed by atoms with Crippen LogP contribution in [0, 0.1) is 0 Å². The first kappa shape index (κ1) is 9.52. The summed E-state index contributed by atoms with van der Waals surface area (Å²) in [7, 11) is 0. The maximum absolute atomic E-state index is 3.91. The van der Waals surface area contributed by atoms with Crippen molar-refractivity contribution < 1.29 is 0 Å². The third-order valence-electron chi connectivity index (χ3n) is 1.76. The van der Waals surface area contributed by atoms with Gasteiger partial charge in [0.15, 0.2) is 5.65 Å². The quantitative estimate of drug-likeness (QED) is 0.590. The van der Waals surface area contributed by atoms with Crippen molar-refractivity contribution in [3.05, 3.63) is 49.0 Å². The maximum Gasteiger partial charge on any atom is 0.180 e. The van der Waals surface area contributed by atoms with E-state index in [0.29, 0.717) is 5.65 Å². The first-order valence-corrected chi connectivity index (χ1v) is 4.56. The second-order valence-electron chi connectivity index (χ2n) is 2.82. The van der Waals surface area contributed by atoms with E-state index in [9.17, 15) is 0 Å². The third-order valence-corrected chi connectivity index (χ3v) is 1.76. The van der Waals surface area contributed by atoms with Crippen molar-refractivity contribution in [2.45, 2.75) is 0 Å². The van der Waals surface area contributed by atoms with Gasteiger partial charge in [0, 0.05) is 0 Å². The van der Waals surface area contributed by atoms with Gasteiger partial charge in [-0.1, -0.05) is 0 Å². The molecule has 0 spiro atoms. The standard InChI is InChI=1S/C5H5B.C5H4N4/c1-2-4-6-5-3-1;1-4-5(8-2-6-1)9-3-7-4/h1-5H;1-3H,(H,6,7,8,9). The molecule has 0 radical (unpaired) electrons. The molecule has 0 amide bonds. The number of aromatic nitrogens is 4. The van der Waals surface area contributed by atoms with Crippen LogP contribution < -0.4 is 0 Å². The number of imidazole rings is 1. The molecular formula is C10H9BN4. The van der Waals surface area contributed by atoms with Crippen molar-refractivity contribution in [2.24, 2.45) is 0 Å². The average Bonchev–Trinajstić information content (AvgIpc) is 2.80. The minimum absolute atomic E-state index is 0.713. The van der Waals surface area contributed by atoms with Crippen molar-refractivity contribution in [3.63, 3.8) is 0 Å². The monoisotopic (exact) mass is 196 g/mol. The molecule has 3 aromatic rings. The molecule has 3 aromatic heterocycles. The van der Waals surface area contributed by atoms with E-state index in [0.717, 1.165) is 5.52 Å². The van der Waals surface area contributed by atoms with Gasteiger partial charge in [0.2, 0.25) is 0 Å². The third kappa shape index (κ3) is 2.70. The predicted molar refractivity (Wildman–Crippen MR) is 59.5 cm³/mol. The number of fused-ring (bicyclic) bond motifs is 1. The zero-order valence-electron chi connectivity index (χ0n) is 8.04. The van der Waals surface area contributed by atoms with Crippen molar-refractivity contribution in [1.82, 2.24) is 19.9 Å². The predicted octanol–water partition coefficient (Wildman–Crippen LogP) is 1.38. The van der Waals surface area contributed by atoms with E-state index in [1.165, 1.54) is 6.33 Å². The molecule has 0 aliphatic heterocycles. The molecule has 5 heteroatoms. The molecule has 1 N–H and O–H groups in total. The fourth-order valence-corrected chi connectivity index (χ4v) is 1.08. The molecule has 0 aromatic carbocycles. The normalized spacial score (nSPS) is 9.07. The van der Waals surface area contributed by atoms with E-state index in [-0.39, 0.29) is 0 Å². The number of hydrogen-bond acceptors (Lipinski definition) is 3. The van der Waals surface area contributed by atoms with Gasteiger partial charge in [-0.3, -0.25) is 0 Å². The van der Waals surface area contributed by atoms with Gasteiger partial charge in [-0.25, -0.2) is 15.0 Å². The van der Waals surface area contributed by atoms with Crippen molar-refractivity contribution >= 4 is 18.1 Å². The summed E-state index contributed by atoms with van der Waals surface area (Å²) in [5, 5.41) is 0. The Morgan fingerprint density at radius 2 is 1.93 bits per heavy atom. The van der Waals surface area contributed by atoms with Gasteiger partial charge in [-0.05, 0) is 0 Å². The van der Waals surface area contributed by atoms with Crippen LogP contribution in [0.1, 0.15) is 0 Å². The number of aromatic amines is 1. The molecule has 0 saturated carbocycles. The van der Waals surface area contributed by atoms with Crippen LogP contribution in [0.15, 0.2) is 49.0 Å². The van der Waals surface area contributed by atoms with Crippen LogP contribution in [0.2, 0.25) is 0 Å². The van der Waals surface area contributed by atoms with Gasteiger partial charge in [-0.15, -0.1) is 0 Å². The first-order valence-electron chi connectivity index (χ1n) is 4.56. The summed E-state index contributed by atoms with van der Waals surface area (Å²) in [5.41, 5.74) is 1.59. The Kier molecular flexibility index (Phi) is 3.17. The Bertz CT molecular complexity index is 452. The molecule has 4 nitrogen and oxygen atoms in total. The van der Waals surface area contributed by atoms with Crippen LogP contribution in [-0.2, 0) is 0 Å². The van der Waals surface area contributed by atoms with E-state index in [4.69, 9.17) is 0 Å². The minimum Gasteiger partial charge on any atom is -0.342 e. The molecule has 3 rings (SSSR count). The summed E-state index contributed by atoms with van der Waals surface area (Å²) in [6.07, 6.45) is 4.76. The molecule has 0 fully saturated rings. The number of rotatable bonds is 0. The summed E-state index contributed by atoms with van der Waals surface area (Å²) in [6, 6.07) is 6.00. The molecule has 15 heavy (non-hydrogen) atoms. The van der Waals surface area contributed by atoms with Crippen LogP contribution in [0.5, 0.6) is 0 Å². The molecular weight excluding hydrogens is 187 g/mol. The van der Waals surface area contributed by atoms with Gasteiger partial charge < -0.3 is 4.98 Å². The molecule has 0 atom stereocenters. The zero-order valence-corrected chi connectivity index (χ0v) is 8.04. The molecule has 3 heterocycles. The molecule has 0 aliphatic carbocycles. The Balaban J connectivity index is 0.000000124. The Hall–Kier alpha value is -2.04. The minimum atomic E-state index is 0.713. The van der Waals surface area contributed by atoms with Crippen LogP contribution in [0.4, 0.5) is 0 Å². The van der Waals surface area contributed by atoms with Gasteiger partial charge in [-0.2, -0.15) is 0 Å². The Morgan fingerprint density at radius 1 is 1.07 bits per heavy atom. The van der Waals surface area contributed by atoms with E-state index in [1.54, 1.807) is 12.5 Å². The van der Waals surface area contributed by atoms with E-state index < -0.39 is 0 Å². The number of H-pyrrole nitrogens is 1. The largest absolute Gasteiger partial charge is 0.342 e. The Morgan fingerprint density at radius 3 is 2.53 bits per heavy atom. The summed E-state index contributed by atoms with van der Waals surface area (Å²) >= 11 is 0. The molecule has 0 unspecified atom stereocenters. The smallest absolute Gasteiger partial charge is 0.180 e. The molecule has 0 bridgehead atoms. The zero-order chi connectivity index (χ0) is 10.3.